The number of aryl methyl sites for hydroxylation is 1. The van der Waals surface area contributed by atoms with Gasteiger partial charge in [0, 0.05) is 27.2 Å². The van der Waals surface area contributed by atoms with Crippen LogP contribution in [0.25, 0.3) is 0 Å². The number of hydrogen-bond acceptors (Lipinski definition) is 5. The Kier molecular flexibility index (Phi) is 7.88. The standard InChI is InChI=1S/C18H28N6O2/c1-14-22-23-17(24(14)2)13-21-18(20-11-12-25-3)19-10-9-15-7-5-6-8-16(15)26-4/h5-8H,9-13H2,1-4H3,(H2,19,20,21). The fraction of sp³-hybridized carbons (Fsp3) is 0.500. The van der Waals surface area contributed by atoms with Crippen LogP contribution < -0.4 is 15.4 Å². The van der Waals surface area contributed by atoms with E-state index in [4.69, 9.17) is 9.47 Å². The zero-order valence-electron chi connectivity index (χ0n) is 16.0. The molecule has 8 heteroatoms. The van der Waals surface area contributed by atoms with Gasteiger partial charge in [-0.3, -0.25) is 0 Å². The van der Waals surface area contributed by atoms with Gasteiger partial charge in [0.1, 0.15) is 18.1 Å². The molecule has 0 bridgehead atoms. The highest BCUT2D eigenvalue weighted by Crippen LogP contribution is 2.17. The maximum atomic E-state index is 5.39. The summed E-state index contributed by atoms with van der Waals surface area (Å²) in [6, 6.07) is 8.02. The number of methoxy groups -OCH3 is 2. The lowest BCUT2D eigenvalue weighted by atomic mass is 10.1. The van der Waals surface area contributed by atoms with E-state index in [1.165, 1.54) is 0 Å². The minimum atomic E-state index is 0.453. The van der Waals surface area contributed by atoms with E-state index in [2.05, 4.69) is 31.9 Å². The van der Waals surface area contributed by atoms with Crippen LogP contribution in [0.3, 0.4) is 0 Å². The van der Waals surface area contributed by atoms with Crippen LogP contribution in [-0.2, 0) is 24.8 Å². The third-order valence-corrected chi connectivity index (χ3v) is 4.04. The number of rotatable bonds is 9. The Balaban J connectivity index is 1.95. The number of benzene rings is 1. The molecule has 0 atom stereocenters. The summed E-state index contributed by atoms with van der Waals surface area (Å²) in [5, 5.41) is 14.8. The molecule has 0 saturated carbocycles. The van der Waals surface area contributed by atoms with Crippen LogP contribution in [0.15, 0.2) is 29.3 Å². The highest BCUT2D eigenvalue weighted by atomic mass is 16.5. The molecule has 1 heterocycles. The lowest BCUT2D eigenvalue weighted by Gasteiger charge is -2.13. The molecule has 2 N–H and O–H groups in total. The van der Waals surface area contributed by atoms with Crippen LogP contribution in [0.2, 0.25) is 0 Å². The Hall–Kier alpha value is -2.61. The van der Waals surface area contributed by atoms with E-state index in [9.17, 15) is 0 Å². The van der Waals surface area contributed by atoms with Crippen molar-refractivity contribution in [1.82, 2.24) is 25.4 Å². The number of ether oxygens (including phenoxy) is 2. The number of nitrogens with zero attached hydrogens (tertiary/aromatic N) is 4. The van der Waals surface area contributed by atoms with E-state index in [-0.39, 0.29) is 0 Å². The number of para-hydroxylation sites is 1. The van der Waals surface area contributed by atoms with E-state index in [1.807, 2.05) is 36.7 Å². The van der Waals surface area contributed by atoms with Gasteiger partial charge in [-0.25, -0.2) is 4.99 Å². The monoisotopic (exact) mass is 360 g/mol. The molecular formula is C18H28N6O2. The molecule has 0 aliphatic rings. The fourth-order valence-corrected chi connectivity index (χ4v) is 2.41. The Bertz CT molecular complexity index is 713. The van der Waals surface area contributed by atoms with Crippen molar-refractivity contribution in [3.05, 3.63) is 41.5 Å². The molecule has 2 rings (SSSR count). The van der Waals surface area contributed by atoms with Crippen molar-refractivity contribution in [2.45, 2.75) is 19.9 Å². The summed E-state index contributed by atoms with van der Waals surface area (Å²) < 4.78 is 12.4. The number of aromatic nitrogens is 3. The summed E-state index contributed by atoms with van der Waals surface area (Å²) in [5.41, 5.74) is 1.16. The lowest BCUT2D eigenvalue weighted by molar-refractivity contribution is 0.203. The van der Waals surface area contributed by atoms with E-state index in [0.29, 0.717) is 19.7 Å². The van der Waals surface area contributed by atoms with Crippen LogP contribution in [0.5, 0.6) is 5.75 Å². The van der Waals surface area contributed by atoms with E-state index < -0.39 is 0 Å². The van der Waals surface area contributed by atoms with Crippen molar-refractivity contribution in [3.8, 4) is 5.75 Å². The smallest absolute Gasteiger partial charge is 0.191 e. The summed E-state index contributed by atoms with van der Waals surface area (Å²) in [6.07, 6.45) is 0.831. The topological polar surface area (TPSA) is 85.6 Å². The van der Waals surface area contributed by atoms with Gasteiger partial charge < -0.3 is 24.7 Å². The first-order valence-electron chi connectivity index (χ1n) is 8.63. The SMILES string of the molecule is COCCNC(=NCc1nnc(C)n1C)NCCc1ccccc1OC. The number of aliphatic imine (C=N–C) groups is 1. The highest BCUT2D eigenvalue weighted by Gasteiger charge is 2.06. The van der Waals surface area contributed by atoms with Gasteiger partial charge in [-0.15, -0.1) is 10.2 Å². The predicted molar refractivity (Wildman–Crippen MR) is 101 cm³/mol. The first-order chi connectivity index (χ1) is 12.7. The summed E-state index contributed by atoms with van der Waals surface area (Å²) >= 11 is 0. The zero-order valence-corrected chi connectivity index (χ0v) is 16.0. The number of nitrogens with one attached hydrogen (secondary N) is 2. The Labute approximate surface area is 154 Å². The molecule has 1 aromatic heterocycles. The molecule has 0 aliphatic heterocycles. The van der Waals surface area contributed by atoms with Gasteiger partial charge in [0.15, 0.2) is 11.8 Å². The van der Waals surface area contributed by atoms with Gasteiger partial charge in [-0.2, -0.15) is 0 Å². The van der Waals surface area contributed by atoms with Gasteiger partial charge in [-0.05, 0) is 25.0 Å². The Morgan fingerprint density at radius 3 is 2.62 bits per heavy atom. The van der Waals surface area contributed by atoms with E-state index in [0.717, 1.165) is 41.9 Å². The third kappa shape index (κ3) is 5.73. The van der Waals surface area contributed by atoms with E-state index in [1.54, 1.807) is 14.2 Å². The molecule has 0 spiro atoms. The lowest BCUT2D eigenvalue weighted by Crippen LogP contribution is -2.40. The molecule has 0 saturated heterocycles. The highest BCUT2D eigenvalue weighted by molar-refractivity contribution is 5.79. The molecule has 0 fully saturated rings. The molecule has 26 heavy (non-hydrogen) atoms. The van der Waals surface area contributed by atoms with Gasteiger partial charge in [0.2, 0.25) is 0 Å². The molecule has 0 amide bonds. The molecular weight excluding hydrogens is 332 g/mol. The molecule has 0 unspecified atom stereocenters. The van der Waals surface area contributed by atoms with Crippen molar-refractivity contribution < 1.29 is 9.47 Å². The van der Waals surface area contributed by atoms with Crippen LogP contribution in [0.1, 0.15) is 17.2 Å². The van der Waals surface area contributed by atoms with Crippen molar-refractivity contribution in [2.24, 2.45) is 12.0 Å². The second-order valence-electron chi connectivity index (χ2n) is 5.80. The summed E-state index contributed by atoms with van der Waals surface area (Å²) in [7, 11) is 5.30. The molecule has 0 radical (unpaired) electrons. The Morgan fingerprint density at radius 2 is 1.92 bits per heavy atom. The van der Waals surface area contributed by atoms with Crippen molar-refractivity contribution in [1.29, 1.82) is 0 Å². The minimum absolute atomic E-state index is 0.453. The zero-order chi connectivity index (χ0) is 18.8. The van der Waals surface area contributed by atoms with Gasteiger partial charge in [-0.1, -0.05) is 18.2 Å². The van der Waals surface area contributed by atoms with Crippen LogP contribution >= 0.6 is 0 Å². The molecule has 8 nitrogen and oxygen atoms in total. The first-order valence-corrected chi connectivity index (χ1v) is 8.63. The largest absolute Gasteiger partial charge is 0.496 e. The number of guanidine groups is 1. The molecule has 0 aliphatic carbocycles. The van der Waals surface area contributed by atoms with Crippen molar-refractivity contribution in [3.63, 3.8) is 0 Å². The molecule has 142 valence electrons. The average Bonchev–Trinajstić information content (AvgIpc) is 2.98. The molecule has 1 aromatic carbocycles. The Morgan fingerprint density at radius 1 is 1.15 bits per heavy atom. The summed E-state index contributed by atoms with van der Waals surface area (Å²) in [6.45, 7) is 4.39. The average molecular weight is 360 g/mol. The summed E-state index contributed by atoms with van der Waals surface area (Å²) in [4.78, 5) is 4.60. The minimum Gasteiger partial charge on any atom is -0.496 e. The molecule has 2 aromatic rings. The normalized spacial score (nSPS) is 11.5. The number of hydrogen-bond donors (Lipinski definition) is 2. The van der Waals surface area contributed by atoms with Gasteiger partial charge >= 0.3 is 0 Å². The van der Waals surface area contributed by atoms with Gasteiger partial charge in [0.25, 0.3) is 0 Å². The maximum absolute atomic E-state index is 5.39. The van der Waals surface area contributed by atoms with Crippen molar-refractivity contribution in [2.75, 3.05) is 33.9 Å². The van der Waals surface area contributed by atoms with Crippen LogP contribution in [0.4, 0.5) is 0 Å². The first kappa shape index (κ1) is 19.7. The third-order valence-electron chi connectivity index (χ3n) is 4.04. The van der Waals surface area contributed by atoms with Crippen LogP contribution in [-0.4, -0.2) is 54.6 Å². The fourth-order valence-electron chi connectivity index (χ4n) is 2.41. The van der Waals surface area contributed by atoms with Crippen molar-refractivity contribution >= 4 is 5.96 Å². The van der Waals surface area contributed by atoms with Gasteiger partial charge in [0.05, 0.1) is 13.7 Å². The second-order valence-corrected chi connectivity index (χ2v) is 5.80. The second kappa shape index (κ2) is 10.4. The summed E-state index contributed by atoms with van der Waals surface area (Å²) in [5.74, 6) is 3.31. The predicted octanol–water partition coefficient (Wildman–Crippen LogP) is 1.06. The quantitative estimate of drug-likeness (QED) is 0.395. The van der Waals surface area contributed by atoms with Crippen LogP contribution in [0, 0.1) is 6.92 Å². The maximum Gasteiger partial charge on any atom is 0.191 e. The van der Waals surface area contributed by atoms with E-state index >= 15 is 0 Å².